The average molecular weight is 687 g/mol. The summed E-state index contributed by atoms with van der Waals surface area (Å²) in [5.74, 6) is 1.90. The van der Waals surface area contributed by atoms with Crippen molar-refractivity contribution in [3.63, 3.8) is 0 Å². The van der Waals surface area contributed by atoms with E-state index in [0.29, 0.717) is 37.7 Å². The lowest BCUT2D eigenvalue weighted by Crippen LogP contribution is -2.60. The number of hydrogen-bond acceptors (Lipinski definition) is 9. The van der Waals surface area contributed by atoms with E-state index < -0.39 is 29.2 Å². The molecule has 11 atom stereocenters. The van der Waals surface area contributed by atoms with E-state index >= 15 is 0 Å². The Balaban J connectivity index is 1.12. The molecule has 9 heteroatoms. The van der Waals surface area contributed by atoms with Crippen LogP contribution in [-0.4, -0.2) is 88.2 Å². The lowest BCUT2D eigenvalue weighted by atomic mass is 9.41. The van der Waals surface area contributed by atoms with E-state index in [2.05, 4.69) is 53.4 Å². The van der Waals surface area contributed by atoms with Crippen LogP contribution in [0.15, 0.2) is 0 Å². The van der Waals surface area contributed by atoms with Gasteiger partial charge in [0.05, 0.1) is 37.6 Å². The molecule has 7 aliphatic rings. The maximum Gasteiger partial charge on any atom is 0.303 e. The van der Waals surface area contributed by atoms with E-state index in [0.717, 1.165) is 45.1 Å². The molecule has 2 saturated heterocycles. The van der Waals surface area contributed by atoms with Crippen LogP contribution in [0, 0.1) is 63.0 Å². The second-order valence-corrected chi connectivity index (χ2v) is 19.5. The molecule has 7 rings (SSSR count). The van der Waals surface area contributed by atoms with Crippen molar-refractivity contribution in [2.45, 2.75) is 156 Å². The van der Waals surface area contributed by atoms with E-state index in [1.165, 1.54) is 13.3 Å². The summed E-state index contributed by atoms with van der Waals surface area (Å²) in [6.45, 7) is 22.8. The molecule has 49 heavy (non-hydrogen) atoms. The molecule has 0 aromatic rings. The minimum Gasteiger partial charge on any atom is -0.456 e. The van der Waals surface area contributed by atoms with Crippen LogP contribution in [0.25, 0.3) is 0 Å². The van der Waals surface area contributed by atoms with Gasteiger partial charge >= 0.3 is 5.97 Å². The molecule has 5 saturated carbocycles. The molecule has 1 unspecified atom stereocenters. The summed E-state index contributed by atoms with van der Waals surface area (Å²) in [4.78, 5) is 14.4. The molecule has 9 nitrogen and oxygen atoms in total. The summed E-state index contributed by atoms with van der Waals surface area (Å²) >= 11 is 0. The monoisotopic (exact) mass is 686 g/mol. The minimum absolute atomic E-state index is 0.0194. The summed E-state index contributed by atoms with van der Waals surface area (Å²) in [5, 5.41) is 33.5. The first-order valence-electron chi connectivity index (χ1n) is 19.2. The first kappa shape index (κ1) is 36.5. The van der Waals surface area contributed by atoms with Gasteiger partial charge in [0.25, 0.3) is 0 Å². The third-order valence-corrected chi connectivity index (χ3v) is 15.8. The zero-order chi connectivity index (χ0) is 35.7. The fourth-order valence-electron chi connectivity index (χ4n) is 13.1. The van der Waals surface area contributed by atoms with Gasteiger partial charge in [-0.25, -0.2) is 0 Å². The maximum absolute atomic E-state index is 12.5. The van der Waals surface area contributed by atoms with Crippen molar-refractivity contribution in [1.29, 1.82) is 0 Å². The Morgan fingerprint density at radius 1 is 1.10 bits per heavy atom. The van der Waals surface area contributed by atoms with Gasteiger partial charge in [-0.3, -0.25) is 9.69 Å². The van der Waals surface area contributed by atoms with Crippen molar-refractivity contribution in [1.82, 2.24) is 4.90 Å². The summed E-state index contributed by atoms with van der Waals surface area (Å²) in [7, 11) is 0. The Morgan fingerprint density at radius 2 is 1.82 bits per heavy atom. The van der Waals surface area contributed by atoms with Crippen molar-refractivity contribution >= 4 is 5.97 Å². The normalized spacial score (nSPS) is 46.6. The van der Waals surface area contributed by atoms with Crippen LogP contribution in [-0.2, 0) is 23.7 Å². The van der Waals surface area contributed by atoms with E-state index in [-0.39, 0.29) is 58.0 Å². The van der Waals surface area contributed by atoms with Gasteiger partial charge in [0, 0.05) is 30.3 Å². The fraction of sp³-hybridized carbons (Fsp3) is 0.900. The molecule has 5 aliphatic carbocycles. The molecule has 0 aromatic carbocycles. The summed E-state index contributed by atoms with van der Waals surface area (Å²) in [6, 6.07) is 0. The number of rotatable bonds is 7. The quantitative estimate of drug-likeness (QED) is 0.294. The van der Waals surface area contributed by atoms with Gasteiger partial charge in [-0.2, -0.15) is 0 Å². The molecule has 2 spiro atoms. The van der Waals surface area contributed by atoms with Gasteiger partial charge in [0.15, 0.2) is 12.4 Å². The fourth-order valence-corrected chi connectivity index (χ4v) is 13.1. The largest absolute Gasteiger partial charge is 0.456 e. The van der Waals surface area contributed by atoms with E-state index in [4.69, 9.17) is 18.9 Å². The topological polar surface area (TPSA) is 118 Å². The number of esters is 1. The van der Waals surface area contributed by atoms with Crippen molar-refractivity contribution < 1.29 is 39.1 Å². The predicted octanol–water partition coefficient (Wildman–Crippen LogP) is 5.60. The lowest BCUT2D eigenvalue weighted by Gasteiger charge is -2.63. The van der Waals surface area contributed by atoms with Gasteiger partial charge in [-0.15, -0.1) is 0 Å². The van der Waals surface area contributed by atoms with Gasteiger partial charge in [-0.05, 0) is 118 Å². The van der Waals surface area contributed by atoms with Gasteiger partial charge in [0.2, 0.25) is 0 Å². The highest BCUT2D eigenvalue weighted by atomic mass is 16.7. The molecule has 0 bridgehead atoms. The maximum atomic E-state index is 12.5. The van der Waals surface area contributed by atoms with Crippen LogP contribution in [0.1, 0.15) is 121 Å². The molecular weight excluding hydrogens is 622 g/mol. The van der Waals surface area contributed by atoms with Gasteiger partial charge < -0.3 is 34.3 Å². The Morgan fingerprint density at radius 3 is 2.47 bits per heavy atom. The summed E-state index contributed by atoms with van der Waals surface area (Å²) in [6.07, 6.45) is 7.63. The second kappa shape index (κ2) is 11.6. The Labute approximate surface area is 295 Å². The van der Waals surface area contributed by atoms with Gasteiger partial charge in [0.1, 0.15) is 12.2 Å². The van der Waals surface area contributed by atoms with E-state index in [9.17, 15) is 20.1 Å². The van der Waals surface area contributed by atoms with Crippen molar-refractivity contribution in [2.75, 3.05) is 26.3 Å². The van der Waals surface area contributed by atoms with Gasteiger partial charge in [-0.1, -0.05) is 34.6 Å². The molecule has 3 radical (unpaired) electrons. The summed E-state index contributed by atoms with van der Waals surface area (Å²) < 4.78 is 25.4. The molecule has 0 amide bonds. The number of aliphatic hydroxyl groups excluding tert-OH is 2. The number of ether oxygens (including phenoxy) is 4. The number of morpholine rings is 1. The van der Waals surface area contributed by atoms with E-state index in [1.807, 2.05) is 0 Å². The van der Waals surface area contributed by atoms with Crippen molar-refractivity contribution in [2.24, 2.45) is 44.8 Å². The summed E-state index contributed by atoms with van der Waals surface area (Å²) in [5.41, 5.74) is -1.85. The number of aliphatic hydroxyl groups is 3. The second-order valence-electron chi connectivity index (χ2n) is 19.5. The highest BCUT2D eigenvalue weighted by molar-refractivity contribution is 5.66. The number of carbonyl (C=O) groups excluding carboxylic acids is 1. The predicted molar refractivity (Wildman–Crippen MR) is 184 cm³/mol. The molecule has 277 valence electrons. The van der Waals surface area contributed by atoms with Crippen LogP contribution in [0.3, 0.4) is 0 Å². The first-order chi connectivity index (χ1) is 22.7. The SMILES string of the molecule is CC(=O)O[C@@H]([C]1C[C@@H](C)[C@H]2[C](O1)[C@H](O)[C@@]1(C)[C]3CC[C@H]4C(C)(C)C(O[C@H]5CN(C(C)(C)CO)CCO5)CC[C@@]45C[C@@]35CC[C@]21C)C(C)(C)O. The zero-order valence-electron chi connectivity index (χ0n) is 31.9. The first-order valence-corrected chi connectivity index (χ1v) is 19.2. The minimum atomic E-state index is -1.32. The van der Waals surface area contributed by atoms with Crippen LogP contribution in [0.5, 0.6) is 0 Å². The lowest BCUT2D eigenvalue weighted by molar-refractivity contribution is -0.250. The Hall–Kier alpha value is -0.810. The number of hydrogen-bond donors (Lipinski definition) is 3. The van der Waals surface area contributed by atoms with Crippen molar-refractivity contribution in [3.05, 3.63) is 18.1 Å². The smallest absolute Gasteiger partial charge is 0.303 e. The number of carbonyl (C=O) groups is 1. The van der Waals surface area contributed by atoms with Crippen molar-refractivity contribution in [3.8, 4) is 0 Å². The van der Waals surface area contributed by atoms with Crippen LogP contribution >= 0.6 is 0 Å². The standard InChI is InChI=1S/C40H64NO8/c1-23-19-25(33(36(7,8)45)47-24(2)43)48-31-30(23)37(9)15-16-40-21-39(40)14-13-28(49-29-20-41(17-18-46-29)34(3,4)22-42)35(5,6)26(39)11-12-27(40)38(37,10)32(31)44/h23,26,28-30,32-33,42,44-45H,11-22H2,1-10H3/t23-,26+,28?,29+,30+,32+,33+,37-,38-,39-,40+/m1/s1. The zero-order valence-corrected chi connectivity index (χ0v) is 31.9. The highest BCUT2D eigenvalue weighted by Crippen LogP contribution is 2.90. The highest BCUT2D eigenvalue weighted by Gasteiger charge is 2.85. The third kappa shape index (κ3) is 5.05. The third-order valence-electron chi connectivity index (χ3n) is 15.8. The van der Waals surface area contributed by atoms with Crippen LogP contribution in [0.2, 0.25) is 0 Å². The van der Waals surface area contributed by atoms with E-state index in [1.54, 1.807) is 19.8 Å². The van der Waals surface area contributed by atoms with Crippen LogP contribution in [0.4, 0.5) is 0 Å². The molecular formula is C40H64NO8. The number of fused-ring (bicyclic) bond motifs is 4. The molecule has 2 heterocycles. The number of nitrogens with zero attached hydrogens (tertiary/aromatic N) is 1. The average Bonchev–Trinajstić information content (AvgIpc) is 3.65. The molecule has 0 aromatic heterocycles. The molecule has 3 N–H and O–H groups in total. The molecule has 7 fully saturated rings. The Kier molecular flexibility index (Phi) is 8.65. The van der Waals surface area contributed by atoms with Crippen LogP contribution < -0.4 is 0 Å². The Bertz CT molecular complexity index is 1300. The molecule has 2 aliphatic heterocycles.